The number of hydrogen-bond donors (Lipinski definition) is 0. The molecular weight excluding hydrogens is 344 g/mol. The topological polar surface area (TPSA) is 78.0 Å². The Morgan fingerprint density at radius 1 is 1.22 bits per heavy atom. The van der Waals surface area contributed by atoms with Crippen LogP contribution >= 0.6 is 0 Å². The lowest BCUT2D eigenvalue weighted by molar-refractivity contribution is -0.132. The second-order valence-corrected chi connectivity index (χ2v) is 7.19. The number of aromatic nitrogens is 5. The van der Waals surface area contributed by atoms with Gasteiger partial charge in [0.1, 0.15) is 18.2 Å². The van der Waals surface area contributed by atoms with Crippen LogP contribution in [-0.2, 0) is 24.9 Å². The van der Waals surface area contributed by atoms with E-state index in [0.29, 0.717) is 6.54 Å². The summed E-state index contributed by atoms with van der Waals surface area (Å²) in [6.07, 6.45) is 1.90. The molecule has 1 atom stereocenters. The maximum absolute atomic E-state index is 13.0. The van der Waals surface area contributed by atoms with Crippen molar-refractivity contribution in [3.05, 3.63) is 46.4 Å². The minimum Gasteiger partial charge on any atom is -0.336 e. The molecule has 1 fully saturated rings. The molecule has 0 unspecified atom stereocenters. The van der Waals surface area contributed by atoms with Crippen molar-refractivity contribution in [1.29, 1.82) is 0 Å². The quantitative estimate of drug-likeness (QED) is 0.694. The number of carbonyl (C=O) groups excluding carboxylic acids is 1. The van der Waals surface area contributed by atoms with E-state index in [1.807, 2.05) is 47.7 Å². The molecule has 0 radical (unpaired) electrons. The van der Waals surface area contributed by atoms with Crippen LogP contribution in [-0.4, -0.2) is 47.3 Å². The van der Waals surface area contributed by atoms with Crippen LogP contribution in [0, 0.1) is 13.8 Å². The Morgan fingerprint density at radius 3 is 2.67 bits per heavy atom. The molecule has 1 aliphatic rings. The van der Waals surface area contributed by atoms with Crippen molar-refractivity contribution in [3.63, 3.8) is 0 Å². The second kappa shape index (κ2) is 6.68. The number of para-hydroxylation sites is 2. The lowest BCUT2D eigenvalue weighted by Crippen LogP contribution is -2.41. The SMILES string of the molecule is Cc1nc(C)n(C[C@@H]2CCCN2C(=O)Cn2c(=O)n(C)c3ccccc32)n1. The molecule has 27 heavy (non-hydrogen) atoms. The second-order valence-electron chi connectivity index (χ2n) is 7.19. The zero-order valence-corrected chi connectivity index (χ0v) is 15.9. The smallest absolute Gasteiger partial charge is 0.329 e. The minimum atomic E-state index is -0.164. The predicted molar refractivity (Wildman–Crippen MR) is 101 cm³/mol. The van der Waals surface area contributed by atoms with E-state index in [1.54, 1.807) is 16.2 Å². The summed E-state index contributed by atoms with van der Waals surface area (Å²) >= 11 is 0. The molecule has 8 nitrogen and oxygen atoms in total. The normalized spacial score (nSPS) is 17.1. The van der Waals surface area contributed by atoms with E-state index in [-0.39, 0.29) is 24.2 Å². The number of carbonyl (C=O) groups is 1. The highest BCUT2D eigenvalue weighted by molar-refractivity contribution is 5.81. The summed E-state index contributed by atoms with van der Waals surface area (Å²) in [6, 6.07) is 7.64. The molecule has 0 spiro atoms. The fraction of sp³-hybridized carbons (Fsp3) is 0.474. The van der Waals surface area contributed by atoms with Crippen molar-refractivity contribution in [2.24, 2.45) is 7.05 Å². The number of rotatable bonds is 4. The van der Waals surface area contributed by atoms with Gasteiger partial charge in [0.15, 0.2) is 0 Å². The number of benzene rings is 1. The average molecular weight is 368 g/mol. The van der Waals surface area contributed by atoms with Gasteiger partial charge in [-0.15, -0.1) is 0 Å². The Bertz CT molecular complexity index is 1060. The molecule has 1 amide bonds. The van der Waals surface area contributed by atoms with Gasteiger partial charge in [0.25, 0.3) is 0 Å². The van der Waals surface area contributed by atoms with E-state index in [0.717, 1.165) is 42.1 Å². The van der Waals surface area contributed by atoms with Gasteiger partial charge in [-0.05, 0) is 38.8 Å². The van der Waals surface area contributed by atoms with Crippen LogP contribution in [0.2, 0.25) is 0 Å². The third kappa shape index (κ3) is 3.05. The molecule has 3 aromatic rings. The molecule has 1 aliphatic heterocycles. The molecule has 1 saturated heterocycles. The van der Waals surface area contributed by atoms with Crippen molar-refractivity contribution >= 4 is 16.9 Å². The molecule has 3 heterocycles. The average Bonchev–Trinajstić information content (AvgIpc) is 3.30. The van der Waals surface area contributed by atoms with E-state index in [2.05, 4.69) is 10.1 Å². The molecule has 0 saturated carbocycles. The summed E-state index contributed by atoms with van der Waals surface area (Å²) in [7, 11) is 1.74. The third-order valence-corrected chi connectivity index (χ3v) is 5.39. The summed E-state index contributed by atoms with van der Waals surface area (Å²) in [4.78, 5) is 31.8. The van der Waals surface area contributed by atoms with Crippen LogP contribution in [0.1, 0.15) is 24.5 Å². The summed E-state index contributed by atoms with van der Waals surface area (Å²) < 4.78 is 5.03. The molecule has 142 valence electrons. The standard InChI is InChI=1S/C19H24N6O2/c1-13-20-14(2)25(21-13)11-15-7-6-10-23(15)18(26)12-24-17-9-5-4-8-16(17)22(3)19(24)27/h4-5,8-9,15H,6-7,10-12H2,1-3H3/t15-/m0/s1. The van der Waals surface area contributed by atoms with Gasteiger partial charge in [-0.1, -0.05) is 12.1 Å². The van der Waals surface area contributed by atoms with E-state index in [9.17, 15) is 9.59 Å². The molecule has 0 aliphatic carbocycles. The number of hydrogen-bond acceptors (Lipinski definition) is 4. The highest BCUT2D eigenvalue weighted by atomic mass is 16.2. The maximum atomic E-state index is 13.0. The highest BCUT2D eigenvalue weighted by Gasteiger charge is 2.30. The minimum absolute atomic E-state index is 0.0227. The van der Waals surface area contributed by atoms with Gasteiger partial charge >= 0.3 is 5.69 Å². The van der Waals surface area contributed by atoms with Crippen LogP contribution in [0.3, 0.4) is 0 Å². The Balaban J connectivity index is 1.57. The monoisotopic (exact) mass is 368 g/mol. The van der Waals surface area contributed by atoms with Crippen molar-refractivity contribution in [2.75, 3.05) is 6.54 Å². The first-order chi connectivity index (χ1) is 13.0. The Hall–Kier alpha value is -2.90. The Morgan fingerprint density at radius 2 is 1.96 bits per heavy atom. The Labute approximate surface area is 157 Å². The molecule has 0 bridgehead atoms. The predicted octanol–water partition coefficient (Wildman–Crippen LogP) is 1.24. The largest absolute Gasteiger partial charge is 0.336 e. The fourth-order valence-electron chi connectivity index (χ4n) is 4.03. The van der Waals surface area contributed by atoms with Crippen LogP contribution in [0.5, 0.6) is 0 Å². The molecule has 4 rings (SSSR count). The van der Waals surface area contributed by atoms with Crippen LogP contribution in [0.15, 0.2) is 29.1 Å². The molecule has 2 aromatic heterocycles. The van der Waals surface area contributed by atoms with E-state index >= 15 is 0 Å². The zero-order chi connectivity index (χ0) is 19.1. The number of fused-ring (bicyclic) bond motifs is 1. The zero-order valence-electron chi connectivity index (χ0n) is 15.9. The van der Waals surface area contributed by atoms with Crippen LogP contribution in [0.4, 0.5) is 0 Å². The van der Waals surface area contributed by atoms with E-state index < -0.39 is 0 Å². The van der Waals surface area contributed by atoms with Crippen molar-refractivity contribution in [2.45, 2.75) is 45.8 Å². The van der Waals surface area contributed by atoms with Crippen LogP contribution in [0.25, 0.3) is 11.0 Å². The van der Waals surface area contributed by atoms with Gasteiger partial charge in [0.05, 0.1) is 23.6 Å². The van der Waals surface area contributed by atoms with Gasteiger partial charge < -0.3 is 4.90 Å². The van der Waals surface area contributed by atoms with Crippen molar-refractivity contribution in [1.82, 2.24) is 28.8 Å². The first-order valence-electron chi connectivity index (χ1n) is 9.27. The summed E-state index contributed by atoms with van der Waals surface area (Å²) in [5.74, 6) is 1.58. The Kier molecular flexibility index (Phi) is 4.33. The first kappa shape index (κ1) is 17.5. The van der Waals surface area contributed by atoms with Gasteiger partial charge in [0, 0.05) is 13.6 Å². The van der Waals surface area contributed by atoms with Gasteiger partial charge in [-0.25, -0.2) is 14.5 Å². The van der Waals surface area contributed by atoms with Gasteiger partial charge in [-0.2, -0.15) is 5.10 Å². The van der Waals surface area contributed by atoms with E-state index in [4.69, 9.17) is 0 Å². The van der Waals surface area contributed by atoms with E-state index in [1.165, 1.54) is 0 Å². The molecule has 1 aromatic carbocycles. The number of amides is 1. The van der Waals surface area contributed by atoms with Gasteiger partial charge in [-0.3, -0.25) is 13.9 Å². The number of likely N-dealkylation sites (tertiary alicyclic amines) is 1. The number of nitrogens with zero attached hydrogens (tertiary/aromatic N) is 6. The highest BCUT2D eigenvalue weighted by Crippen LogP contribution is 2.20. The summed E-state index contributed by atoms with van der Waals surface area (Å²) in [5.41, 5.74) is 1.46. The van der Waals surface area contributed by atoms with Crippen LogP contribution < -0.4 is 5.69 Å². The lowest BCUT2D eigenvalue weighted by atomic mass is 10.2. The number of imidazole rings is 1. The lowest BCUT2D eigenvalue weighted by Gasteiger charge is -2.25. The molecular formula is C19H24N6O2. The molecule has 0 N–H and O–H groups in total. The first-order valence-corrected chi connectivity index (χ1v) is 9.27. The maximum Gasteiger partial charge on any atom is 0.329 e. The van der Waals surface area contributed by atoms with Gasteiger partial charge in [0.2, 0.25) is 5.91 Å². The fourth-order valence-corrected chi connectivity index (χ4v) is 4.03. The summed E-state index contributed by atoms with van der Waals surface area (Å²) in [5, 5.41) is 4.42. The third-order valence-electron chi connectivity index (χ3n) is 5.39. The summed E-state index contributed by atoms with van der Waals surface area (Å²) in [6.45, 7) is 5.22. The van der Waals surface area contributed by atoms with Crippen molar-refractivity contribution < 1.29 is 4.79 Å². The molecule has 8 heteroatoms. The number of aryl methyl sites for hydroxylation is 3. The van der Waals surface area contributed by atoms with Crippen molar-refractivity contribution in [3.8, 4) is 0 Å².